The summed E-state index contributed by atoms with van der Waals surface area (Å²) in [4.78, 5) is 47.4. The maximum Gasteiger partial charge on any atom is 0.506 e. The Kier molecular flexibility index (Phi) is 9.43. The maximum atomic E-state index is 14.5. The highest BCUT2D eigenvalue weighted by Crippen LogP contribution is 2.50. The van der Waals surface area contributed by atoms with Crippen molar-refractivity contribution in [2.24, 2.45) is 0 Å². The topological polar surface area (TPSA) is 202 Å². The lowest BCUT2D eigenvalue weighted by molar-refractivity contribution is -0.134. The molecule has 2 atom stereocenters. The van der Waals surface area contributed by atoms with Gasteiger partial charge in [-0.1, -0.05) is 0 Å². The third kappa shape index (κ3) is 9.09. The molecule has 37 heavy (non-hydrogen) atoms. The van der Waals surface area contributed by atoms with Crippen molar-refractivity contribution in [1.82, 2.24) is 9.55 Å². The zero-order valence-electron chi connectivity index (χ0n) is 20.6. The molecule has 17 heteroatoms. The number of rotatable bonds is 12. The lowest BCUT2D eigenvalue weighted by atomic mass is 10.2. The number of ether oxygens (including phenoxy) is 4. The molecule has 2 heterocycles. The number of nitrogens with one attached hydrogen (secondary N) is 1. The molecule has 0 amide bonds. The Morgan fingerprint density at radius 3 is 2.11 bits per heavy atom. The highest BCUT2D eigenvalue weighted by atomic mass is 31.2. The van der Waals surface area contributed by atoms with Crippen LogP contribution in [0, 0.1) is 6.92 Å². The molecule has 1 aliphatic heterocycles. The standard InChI is InChI=1S/C20H28FN2O13P/c1-11-7-23(16(25)22-14(11)24)15-12(21)6-13(34-15)31-10-37(30,32-8-19(2,3)35-17(26)27)33-9-20(4,5)36-18(28)29/h6-7,13,15H,8-10H2,1-5H3,(H,26,27)(H,28,29)(H,22,24,25)/t13-,15+/m0/s1. The summed E-state index contributed by atoms with van der Waals surface area (Å²) in [5.74, 6) is -0.942. The Morgan fingerprint density at radius 2 is 1.62 bits per heavy atom. The van der Waals surface area contributed by atoms with Crippen LogP contribution in [0.5, 0.6) is 0 Å². The molecule has 3 N–H and O–H groups in total. The first-order chi connectivity index (χ1) is 16.9. The van der Waals surface area contributed by atoms with E-state index in [2.05, 4.69) is 9.47 Å². The van der Waals surface area contributed by atoms with E-state index >= 15 is 0 Å². The van der Waals surface area contributed by atoms with Crippen LogP contribution in [0.1, 0.15) is 39.5 Å². The molecule has 15 nitrogen and oxygen atoms in total. The molecule has 0 aliphatic carbocycles. The van der Waals surface area contributed by atoms with Crippen molar-refractivity contribution in [2.45, 2.75) is 58.3 Å². The third-order valence-corrected chi connectivity index (χ3v) is 6.04. The van der Waals surface area contributed by atoms with E-state index in [0.29, 0.717) is 0 Å². The molecule has 0 saturated heterocycles. The fraction of sp³-hybridized carbons (Fsp3) is 0.600. The number of aryl methyl sites for hydroxylation is 1. The second-order valence-electron chi connectivity index (χ2n) is 9.10. The van der Waals surface area contributed by atoms with Crippen molar-refractivity contribution < 1.29 is 56.8 Å². The van der Waals surface area contributed by atoms with Crippen LogP contribution >= 0.6 is 7.60 Å². The van der Waals surface area contributed by atoms with E-state index in [1.54, 1.807) is 0 Å². The monoisotopic (exact) mass is 554 g/mol. The average molecular weight is 554 g/mol. The first-order valence-corrected chi connectivity index (χ1v) is 12.3. The van der Waals surface area contributed by atoms with Gasteiger partial charge in [-0.2, -0.15) is 0 Å². The van der Waals surface area contributed by atoms with Crippen LogP contribution in [0.15, 0.2) is 27.7 Å². The van der Waals surface area contributed by atoms with E-state index in [9.17, 15) is 28.1 Å². The quantitative estimate of drug-likeness (QED) is 0.252. The fourth-order valence-corrected chi connectivity index (χ4v) is 4.37. The van der Waals surface area contributed by atoms with Gasteiger partial charge in [0.15, 0.2) is 24.7 Å². The number of hydrogen-bond acceptors (Lipinski definition) is 11. The van der Waals surface area contributed by atoms with Gasteiger partial charge in [-0.3, -0.25) is 18.9 Å². The summed E-state index contributed by atoms with van der Waals surface area (Å²) in [7, 11) is -4.30. The van der Waals surface area contributed by atoms with Crippen molar-refractivity contribution in [3.05, 3.63) is 44.5 Å². The number of H-pyrrole nitrogens is 1. The molecule has 208 valence electrons. The molecule has 0 fully saturated rings. The minimum absolute atomic E-state index is 0.115. The van der Waals surface area contributed by atoms with Gasteiger partial charge in [0.05, 0.1) is 13.2 Å². The Bertz CT molecular complexity index is 1170. The Morgan fingerprint density at radius 1 is 1.11 bits per heavy atom. The summed E-state index contributed by atoms with van der Waals surface area (Å²) in [5, 5.41) is 17.7. The van der Waals surface area contributed by atoms with Crippen molar-refractivity contribution in [1.29, 1.82) is 0 Å². The molecular formula is C20H28FN2O13P. The van der Waals surface area contributed by atoms with Gasteiger partial charge < -0.3 is 38.2 Å². The normalized spacial score (nSPS) is 18.4. The van der Waals surface area contributed by atoms with Crippen LogP contribution in [-0.2, 0) is 32.6 Å². The number of carboxylic acid groups (broad SMARTS) is 2. The zero-order valence-corrected chi connectivity index (χ0v) is 21.5. The number of nitrogens with zero attached hydrogens (tertiary/aromatic N) is 1. The number of aromatic amines is 1. The lowest BCUT2D eigenvalue weighted by Crippen LogP contribution is -2.35. The molecule has 1 aromatic heterocycles. The molecule has 1 aromatic rings. The van der Waals surface area contributed by atoms with Gasteiger partial charge in [0.25, 0.3) is 5.56 Å². The second-order valence-corrected chi connectivity index (χ2v) is 11.1. The Hall–Kier alpha value is -3.04. The lowest BCUT2D eigenvalue weighted by Gasteiger charge is -2.29. The molecule has 0 bridgehead atoms. The van der Waals surface area contributed by atoms with Gasteiger partial charge in [0.1, 0.15) is 11.2 Å². The highest BCUT2D eigenvalue weighted by Gasteiger charge is 2.37. The smallest absolute Gasteiger partial charge is 0.450 e. The summed E-state index contributed by atoms with van der Waals surface area (Å²) in [6.45, 7) is 5.59. The summed E-state index contributed by atoms with van der Waals surface area (Å²) in [5.41, 5.74) is -4.42. The molecule has 0 unspecified atom stereocenters. The van der Waals surface area contributed by atoms with Gasteiger partial charge in [-0.15, -0.1) is 0 Å². The summed E-state index contributed by atoms with van der Waals surface area (Å²) in [6.07, 6.45) is -5.22. The van der Waals surface area contributed by atoms with Gasteiger partial charge in [0, 0.05) is 17.8 Å². The predicted octanol–water partition coefficient (Wildman–Crippen LogP) is 2.70. The van der Waals surface area contributed by atoms with Crippen LogP contribution in [0.2, 0.25) is 0 Å². The fourth-order valence-electron chi connectivity index (χ4n) is 2.81. The van der Waals surface area contributed by atoms with E-state index in [1.165, 1.54) is 34.6 Å². The van der Waals surface area contributed by atoms with Crippen LogP contribution in [0.3, 0.4) is 0 Å². The van der Waals surface area contributed by atoms with E-state index in [-0.39, 0.29) is 5.56 Å². The molecular weight excluding hydrogens is 526 g/mol. The van der Waals surface area contributed by atoms with Crippen molar-refractivity contribution in [3.8, 4) is 0 Å². The largest absolute Gasteiger partial charge is 0.506 e. The minimum Gasteiger partial charge on any atom is -0.450 e. The van der Waals surface area contributed by atoms with Crippen molar-refractivity contribution in [2.75, 3.05) is 19.6 Å². The second kappa shape index (κ2) is 11.6. The van der Waals surface area contributed by atoms with Gasteiger partial charge in [-0.25, -0.2) is 18.8 Å². The van der Waals surface area contributed by atoms with Crippen molar-refractivity contribution in [3.63, 3.8) is 0 Å². The number of carbonyl (C=O) groups is 2. The molecule has 2 rings (SSSR count). The Labute approximate surface area is 209 Å². The average Bonchev–Trinajstić information content (AvgIpc) is 3.11. The number of hydrogen-bond donors (Lipinski definition) is 3. The maximum absolute atomic E-state index is 14.5. The molecule has 0 saturated carbocycles. The zero-order chi connectivity index (χ0) is 28.2. The summed E-state index contributed by atoms with van der Waals surface area (Å²) >= 11 is 0. The van der Waals surface area contributed by atoms with E-state index < -0.39 is 80.3 Å². The molecule has 0 radical (unpaired) electrons. The first kappa shape index (κ1) is 30.2. The summed E-state index contributed by atoms with van der Waals surface area (Å²) in [6, 6.07) is 0. The summed E-state index contributed by atoms with van der Waals surface area (Å²) < 4.78 is 59.2. The van der Waals surface area contributed by atoms with E-state index in [1.807, 2.05) is 4.98 Å². The van der Waals surface area contributed by atoms with Gasteiger partial charge in [-0.05, 0) is 34.6 Å². The molecule has 1 aliphatic rings. The third-order valence-electron chi connectivity index (χ3n) is 4.53. The number of halogens is 1. The SMILES string of the molecule is Cc1cn([C@@H]2O[C@H](OCP(=O)(OCC(C)(C)OC(=O)O)OCC(C)(C)OC(=O)O)C=C2F)c(=O)[nH]c1=O. The van der Waals surface area contributed by atoms with E-state index in [0.717, 1.165) is 16.8 Å². The Balaban J connectivity index is 2.15. The van der Waals surface area contributed by atoms with Crippen molar-refractivity contribution >= 4 is 19.9 Å². The van der Waals surface area contributed by atoms with Crippen LogP contribution in [-0.4, -0.2) is 69.1 Å². The highest BCUT2D eigenvalue weighted by molar-refractivity contribution is 7.53. The van der Waals surface area contributed by atoms with Gasteiger partial charge >= 0.3 is 25.6 Å². The molecule has 0 aromatic carbocycles. The van der Waals surface area contributed by atoms with Crippen LogP contribution in [0.25, 0.3) is 0 Å². The first-order valence-electron chi connectivity index (χ1n) is 10.6. The minimum atomic E-state index is -4.30. The van der Waals surface area contributed by atoms with Gasteiger partial charge in [0.2, 0.25) is 0 Å². The number of aromatic nitrogens is 2. The molecule has 0 spiro atoms. The van der Waals surface area contributed by atoms with Crippen LogP contribution in [0.4, 0.5) is 14.0 Å². The van der Waals surface area contributed by atoms with Crippen LogP contribution < -0.4 is 11.2 Å². The van der Waals surface area contributed by atoms with E-state index in [4.69, 9.17) is 28.7 Å². The predicted molar refractivity (Wildman–Crippen MR) is 121 cm³/mol.